The average Bonchev–Trinajstić information content (AvgIpc) is 3.10. The van der Waals surface area contributed by atoms with Crippen LogP contribution in [-0.4, -0.2) is 66.4 Å². The van der Waals surface area contributed by atoms with Crippen molar-refractivity contribution in [3.8, 4) is 5.75 Å². The lowest BCUT2D eigenvalue weighted by Gasteiger charge is -2.48. The van der Waals surface area contributed by atoms with Crippen molar-refractivity contribution >= 4 is 38.8 Å². The minimum Gasteiger partial charge on any atom is -0.490 e. The topological polar surface area (TPSA) is 77.1 Å². The summed E-state index contributed by atoms with van der Waals surface area (Å²) in [5, 5.41) is 0.347. The number of aryl methyl sites for hydroxylation is 1. The Morgan fingerprint density at radius 2 is 2.02 bits per heavy atom. The normalized spacial score (nSPS) is 36.5. The molecule has 1 unspecified atom stereocenters. The summed E-state index contributed by atoms with van der Waals surface area (Å²) >= 11 is 6.42. The fraction of sp³-hybridized carbons (Fsp3) is 0.576. The summed E-state index contributed by atoms with van der Waals surface area (Å²) < 4.78 is 35.5. The maximum atomic E-state index is 13.5. The van der Waals surface area contributed by atoms with Crippen molar-refractivity contribution in [1.82, 2.24) is 4.72 Å². The zero-order chi connectivity index (χ0) is 29.1. The second kappa shape index (κ2) is 11.0. The predicted octanol–water partition coefficient (Wildman–Crippen LogP) is 5.17. The highest BCUT2D eigenvalue weighted by molar-refractivity contribution is 7.99. The van der Waals surface area contributed by atoms with Gasteiger partial charge in [0.1, 0.15) is 5.75 Å². The van der Waals surface area contributed by atoms with Gasteiger partial charge in [0.15, 0.2) is 0 Å². The van der Waals surface area contributed by atoms with Gasteiger partial charge in [-0.05, 0) is 105 Å². The van der Waals surface area contributed by atoms with Crippen LogP contribution in [0.15, 0.2) is 36.4 Å². The minimum atomic E-state index is -2.93. The summed E-state index contributed by atoms with van der Waals surface area (Å²) in [7, 11) is -2.93. The van der Waals surface area contributed by atoms with Crippen LogP contribution in [0.2, 0.25) is 5.02 Å². The van der Waals surface area contributed by atoms with E-state index in [0.717, 1.165) is 74.5 Å². The van der Waals surface area contributed by atoms with Crippen molar-refractivity contribution in [2.45, 2.75) is 74.7 Å². The summed E-state index contributed by atoms with van der Waals surface area (Å²) in [5.41, 5.74) is 3.82. The molecule has 1 amide bonds. The molecule has 5 aliphatic rings. The van der Waals surface area contributed by atoms with Crippen molar-refractivity contribution in [3.05, 3.63) is 58.1 Å². The fourth-order valence-electron chi connectivity index (χ4n) is 7.79. The lowest BCUT2D eigenvalue weighted by Crippen LogP contribution is -2.51. The van der Waals surface area contributed by atoms with Crippen LogP contribution in [0.4, 0.5) is 5.69 Å². The summed E-state index contributed by atoms with van der Waals surface area (Å²) in [6.45, 7) is 5.03. The molecule has 7 rings (SSSR count). The number of benzene rings is 2. The van der Waals surface area contributed by atoms with Gasteiger partial charge >= 0.3 is 0 Å². The molecule has 2 fully saturated rings. The minimum absolute atomic E-state index is 0.0611. The van der Waals surface area contributed by atoms with Gasteiger partial charge in [0, 0.05) is 42.1 Å². The molecule has 7 nitrogen and oxygen atoms in total. The third kappa shape index (κ3) is 5.23. The van der Waals surface area contributed by atoms with Crippen LogP contribution >= 0.6 is 11.6 Å². The van der Waals surface area contributed by atoms with E-state index in [2.05, 4.69) is 27.6 Å². The SMILES string of the molecule is C=S1(=O)NC(=O)c2ccc3c(c2)N(C[C@@H]2CC[C@H]2[C@@H]2C[C@H](CCO2)OC[C@H]1C)C[C@@]1(CCCc2cc(Cl)ccc21)CO3. The monoisotopic (exact) mass is 612 g/mol. The number of halogens is 1. The van der Waals surface area contributed by atoms with Crippen molar-refractivity contribution in [1.29, 1.82) is 0 Å². The molecule has 2 aromatic carbocycles. The zero-order valence-electron chi connectivity index (χ0n) is 24.3. The highest BCUT2D eigenvalue weighted by Gasteiger charge is 2.45. The Morgan fingerprint density at radius 1 is 1.14 bits per heavy atom. The van der Waals surface area contributed by atoms with E-state index in [4.69, 9.17) is 25.8 Å². The van der Waals surface area contributed by atoms with Crippen molar-refractivity contribution in [2.24, 2.45) is 11.8 Å². The number of rotatable bonds is 0. The third-order valence-corrected chi connectivity index (χ3v) is 12.7. The molecule has 7 atom stereocenters. The summed E-state index contributed by atoms with van der Waals surface area (Å²) in [5.74, 6) is 5.26. The van der Waals surface area contributed by atoms with Crippen LogP contribution in [0, 0.1) is 11.8 Å². The fourth-order valence-corrected chi connectivity index (χ4v) is 8.92. The van der Waals surface area contributed by atoms with Gasteiger partial charge < -0.3 is 19.1 Å². The third-order valence-electron chi connectivity index (χ3n) is 10.5. The smallest absolute Gasteiger partial charge is 0.262 e. The molecule has 3 heterocycles. The molecule has 1 N–H and O–H groups in total. The second-order valence-electron chi connectivity index (χ2n) is 13.1. The molecule has 0 aromatic heterocycles. The molecule has 42 heavy (non-hydrogen) atoms. The van der Waals surface area contributed by atoms with Crippen LogP contribution in [-0.2, 0) is 31.0 Å². The van der Waals surface area contributed by atoms with Gasteiger partial charge in [-0.15, -0.1) is 0 Å². The van der Waals surface area contributed by atoms with E-state index in [1.165, 1.54) is 11.1 Å². The van der Waals surface area contributed by atoms with E-state index in [1.807, 2.05) is 25.1 Å². The van der Waals surface area contributed by atoms with E-state index in [9.17, 15) is 9.00 Å². The molecule has 4 bridgehead atoms. The van der Waals surface area contributed by atoms with Crippen LogP contribution in [0.25, 0.3) is 0 Å². The number of nitrogens with zero attached hydrogens (tertiary/aromatic N) is 1. The number of ether oxygens (including phenoxy) is 3. The number of carbonyl (C=O) groups excluding carboxylic acids is 1. The molecule has 1 saturated heterocycles. The first-order valence-corrected chi connectivity index (χ1v) is 17.6. The average molecular weight is 613 g/mol. The van der Waals surface area contributed by atoms with Gasteiger partial charge in [-0.1, -0.05) is 17.7 Å². The molecular formula is C33H41ClN2O5S. The van der Waals surface area contributed by atoms with Crippen LogP contribution < -0.4 is 14.4 Å². The number of fused-ring (bicyclic) bond motifs is 7. The molecule has 0 radical (unpaired) electrons. The number of hydrogen-bond acceptors (Lipinski definition) is 6. The first-order chi connectivity index (χ1) is 20.2. The maximum absolute atomic E-state index is 13.5. The van der Waals surface area contributed by atoms with E-state index < -0.39 is 15.0 Å². The lowest BCUT2D eigenvalue weighted by atomic mass is 9.67. The predicted molar refractivity (Wildman–Crippen MR) is 167 cm³/mol. The lowest BCUT2D eigenvalue weighted by molar-refractivity contribution is -0.116. The molecular weight excluding hydrogens is 572 g/mol. The Hall–Kier alpha value is -2.26. The second-order valence-corrected chi connectivity index (χ2v) is 16.0. The first-order valence-electron chi connectivity index (χ1n) is 15.4. The Balaban J connectivity index is 1.29. The van der Waals surface area contributed by atoms with E-state index in [0.29, 0.717) is 30.6 Å². The summed E-state index contributed by atoms with van der Waals surface area (Å²) in [6.07, 6.45) is 7.33. The highest BCUT2D eigenvalue weighted by Crippen LogP contribution is 2.47. The highest BCUT2D eigenvalue weighted by atomic mass is 35.5. The zero-order valence-corrected chi connectivity index (χ0v) is 25.9. The number of nitrogens with one attached hydrogen (secondary N) is 1. The Labute approximate surface area is 254 Å². The first kappa shape index (κ1) is 28.5. The molecule has 226 valence electrons. The Morgan fingerprint density at radius 3 is 2.86 bits per heavy atom. The maximum Gasteiger partial charge on any atom is 0.262 e. The summed E-state index contributed by atoms with van der Waals surface area (Å²) in [4.78, 5) is 15.9. The molecule has 3 aliphatic heterocycles. The summed E-state index contributed by atoms with van der Waals surface area (Å²) in [6, 6.07) is 11.9. The number of anilines is 1. The number of carbonyl (C=O) groups is 1. The van der Waals surface area contributed by atoms with Crippen molar-refractivity contribution < 1.29 is 23.2 Å². The molecule has 2 aromatic rings. The number of hydrogen-bond donors (Lipinski definition) is 1. The molecule has 9 heteroatoms. The van der Waals surface area contributed by atoms with E-state index in [1.54, 1.807) is 6.07 Å². The standard InChI is InChI=1S/C33H41ClN2O5S/c1-21-18-40-26-11-13-39-31(16-26)27-8-5-24(27)17-36-19-33(12-3-4-22-14-25(34)7-9-28(22)33)20-41-30-10-6-23(15-29(30)36)32(37)35-42(21,2)38/h6-7,9-10,14-15,21,24,26-27,31H,2-5,8,11-13,16-20H2,1H3,(H,35,37,38)/t21-,24+,26+,27-,31+,33+,42?/m1/s1. The Bertz CT molecular complexity index is 1480. The van der Waals surface area contributed by atoms with Gasteiger partial charge in [-0.2, -0.15) is 0 Å². The van der Waals surface area contributed by atoms with Gasteiger partial charge in [-0.3, -0.25) is 9.52 Å². The van der Waals surface area contributed by atoms with Crippen molar-refractivity contribution in [2.75, 3.05) is 37.8 Å². The van der Waals surface area contributed by atoms with Crippen molar-refractivity contribution in [3.63, 3.8) is 0 Å². The molecule has 1 spiro atoms. The van der Waals surface area contributed by atoms with E-state index >= 15 is 0 Å². The van der Waals surface area contributed by atoms with Crippen LogP contribution in [0.5, 0.6) is 5.75 Å². The largest absolute Gasteiger partial charge is 0.490 e. The molecule has 2 aliphatic carbocycles. The molecule has 1 saturated carbocycles. The van der Waals surface area contributed by atoms with Gasteiger partial charge in [0.2, 0.25) is 0 Å². The quantitative estimate of drug-likeness (QED) is 0.414. The Kier molecular flexibility index (Phi) is 7.48. The van der Waals surface area contributed by atoms with Gasteiger partial charge in [0.05, 0.1) is 46.1 Å². The number of amides is 1. The van der Waals surface area contributed by atoms with Crippen LogP contribution in [0.3, 0.4) is 0 Å². The van der Waals surface area contributed by atoms with Crippen LogP contribution in [0.1, 0.15) is 66.9 Å². The van der Waals surface area contributed by atoms with E-state index in [-0.39, 0.29) is 30.1 Å². The van der Waals surface area contributed by atoms with Gasteiger partial charge in [0.25, 0.3) is 5.91 Å². The van der Waals surface area contributed by atoms with Gasteiger partial charge in [-0.25, -0.2) is 4.21 Å².